The van der Waals surface area contributed by atoms with Crippen LogP contribution < -0.4 is 10.6 Å². The Balaban J connectivity index is 2.04. The van der Waals surface area contributed by atoms with Gasteiger partial charge in [-0.3, -0.25) is 9.59 Å². The first kappa shape index (κ1) is 15.9. The molecule has 22 heavy (non-hydrogen) atoms. The van der Waals surface area contributed by atoms with Crippen molar-refractivity contribution in [3.8, 4) is 5.75 Å². The molecule has 0 saturated heterocycles. The lowest BCUT2D eigenvalue weighted by Gasteiger charge is -2.09. The molecule has 2 rings (SSSR count). The number of phenols is 1. The number of hydrogen-bond donors (Lipinski definition) is 3. The normalized spacial score (nSPS) is 10.1. The van der Waals surface area contributed by atoms with Gasteiger partial charge in [-0.25, -0.2) is 0 Å². The van der Waals surface area contributed by atoms with Gasteiger partial charge in [-0.2, -0.15) is 0 Å². The Labute approximate surface area is 132 Å². The summed E-state index contributed by atoms with van der Waals surface area (Å²) in [6.07, 6.45) is 1.92. The fraction of sp³-hybridized carbons (Fsp3) is 0.125. The second-order valence-electron chi connectivity index (χ2n) is 4.66. The number of phenolic OH excluding ortho intramolecular Hbond substituents is 1. The number of carbonyl (C=O) groups excluding carboxylic acids is 2. The van der Waals surface area contributed by atoms with Crippen molar-refractivity contribution in [2.75, 3.05) is 16.9 Å². The zero-order chi connectivity index (χ0) is 16.1. The zero-order valence-corrected chi connectivity index (χ0v) is 13.0. The number of rotatable bonds is 3. The van der Waals surface area contributed by atoms with E-state index in [1.165, 1.54) is 17.8 Å². The number of benzene rings is 2. The van der Waals surface area contributed by atoms with E-state index < -0.39 is 11.8 Å². The Morgan fingerprint density at radius 1 is 1.05 bits per heavy atom. The summed E-state index contributed by atoms with van der Waals surface area (Å²) in [5.74, 6) is -1.71. The predicted molar refractivity (Wildman–Crippen MR) is 88.3 cm³/mol. The van der Waals surface area contributed by atoms with Crippen LogP contribution >= 0.6 is 11.8 Å². The van der Waals surface area contributed by atoms with Crippen molar-refractivity contribution in [2.24, 2.45) is 0 Å². The van der Waals surface area contributed by atoms with Gasteiger partial charge in [0.2, 0.25) is 0 Å². The molecule has 0 heterocycles. The van der Waals surface area contributed by atoms with E-state index in [0.29, 0.717) is 5.69 Å². The summed E-state index contributed by atoms with van der Waals surface area (Å²) in [7, 11) is 0. The second-order valence-corrected chi connectivity index (χ2v) is 5.54. The molecule has 0 atom stereocenters. The van der Waals surface area contributed by atoms with Gasteiger partial charge in [0.05, 0.1) is 5.69 Å². The summed E-state index contributed by atoms with van der Waals surface area (Å²) < 4.78 is 0. The van der Waals surface area contributed by atoms with Crippen LogP contribution in [-0.2, 0) is 9.59 Å². The molecule has 0 bridgehead atoms. The fourth-order valence-electron chi connectivity index (χ4n) is 1.82. The molecule has 0 aromatic heterocycles. The van der Waals surface area contributed by atoms with E-state index in [1.807, 2.05) is 19.2 Å². The predicted octanol–water partition coefficient (Wildman–Crippen LogP) is 3.00. The van der Waals surface area contributed by atoms with E-state index in [4.69, 9.17) is 0 Å². The van der Waals surface area contributed by atoms with Crippen LogP contribution in [-0.4, -0.2) is 23.2 Å². The molecule has 0 spiro atoms. The van der Waals surface area contributed by atoms with E-state index in [2.05, 4.69) is 10.6 Å². The third-order valence-electron chi connectivity index (χ3n) is 2.94. The number of nitrogens with one attached hydrogen (secondary N) is 2. The molecule has 3 N–H and O–H groups in total. The largest absolute Gasteiger partial charge is 0.506 e. The number of carbonyl (C=O) groups is 2. The number of thioether (sulfide) groups is 1. The lowest BCUT2D eigenvalue weighted by molar-refractivity contribution is -0.133. The van der Waals surface area contributed by atoms with Crippen LogP contribution in [0.15, 0.2) is 47.4 Å². The first-order chi connectivity index (χ1) is 10.5. The monoisotopic (exact) mass is 316 g/mol. The molecule has 6 heteroatoms. The van der Waals surface area contributed by atoms with Gasteiger partial charge in [0.1, 0.15) is 5.75 Å². The lowest BCUT2D eigenvalue weighted by Crippen LogP contribution is -2.29. The molecule has 0 unspecified atom stereocenters. The molecule has 0 saturated carbocycles. The van der Waals surface area contributed by atoms with Crippen molar-refractivity contribution < 1.29 is 14.7 Å². The SMILES string of the molecule is CSc1cccc(NC(=O)C(=O)Nc2ccc(C)cc2O)c1. The van der Waals surface area contributed by atoms with E-state index in [9.17, 15) is 14.7 Å². The van der Waals surface area contributed by atoms with Crippen molar-refractivity contribution in [2.45, 2.75) is 11.8 Å². The maximum Gasteiger partial charge on any atom is 0.314 e. The summed E-state index contributed by atoms with van der Waals surface area (Å²) in [5.41, 5.74) is 1.59. The van der Waals surface area contributed by atoms with Gasteiger partial charge in [-0.05, 0) is 49.1 Å². The van der Waals surface area contributed by atoms with Crippen LogP contribution in [0, 0.1) is 6.92 Å². The Hall–Kier alpha value is -2.47. The van der Waals surface area contributed by atoms with Crippen LogP contribution in [0.1, 0.15) is 5.56 Å². The maximum atomic E-state index is 11.9. The maximum absolute atomic E-state index is 11.9. The number of hydrogen-bond acceptors (Lipinski definition) is 4. The van der Waals surface area contributed by atoms with Crippen LogP contribution in [0.5, 0.6) is 5.75 Å². The van der Waals surface area contributed by atoms with Gasteiger partial charge in [0.15, 0.2) is 0 Å². The molecule has 0 aliphatic carbocycles. The van der Waals surface area contributed by atoms with Crippen molar-refractivity contribution in [3.63, 3.8) is 0 Å². The molecular weight excluding hydrogens is 300 g/mol. The third-order valence-corrected chi connectivity index (χ3v) is 3.66. The highest BCUT2D eigenvalue weighted by molar-refractivity contribution is 7.98. The quantitative estimate of drug-likeness (QED) is 0.462. The van der Waals surface area contributed by atoms with E-state index in [1.54, 1.807) is 30.3 Å². The highest BCUT2D eigenvalue weighted by atomic mass is 32.2. The van der Waals surface area contributed by atoms with Crippen molar-refractivity contribution in [1.29, 1.82) is 0 Å². The number of aryl methyl sites for hydroxylation is 1. The standard InChI is InChI=1S/C16H16N2O3S/c1-10-6-7-13(14(19)8-10)18-16(21)15(20)17-11-4-3-5-12(9-11)22-2/h3-9,19H,1-2H3,(H,17,20)(H,18,21). The summed E-state index contributed by atoms with van der Waals surface area (Å²) >= 11 is 1.54. The lowest BCUT2D eigenvalue weighted by atomic mass is 10.2. The first-order valence-corrected chi connectivity index (χ1v) is 7.78. The average Bonchev–Trinajstić information content (AvgIpc) is 2.50. The molecule has 2 amide bonds. The van der Waals surface area contributed by atoms with Gasteiger partial charge in [-0.1, -0.05) is 12.1 Å². The Morgan fingerprint density at radius 2 is 1.77 bits per heavy atom. The van der Waals surface area contributed by atoms with Crippen LogP contribution in [0.25, 0.3) is 0 Å². The van der Waals surface area contributed by atoms with Crippen molar-refractivity contribution in [1.82, 2.24) is 0 Å². The third kappa shape index (κ3) is 4.02. The number of anilines is 2. The van der Waals surface area contributed by atoms with Crippen LogP contribution in [0.4, 0.5) is 11.4 Å². The number of amides is 2. The minimum Gasteiger partial charge on any atom is -0.506 e. The van der Waals surface area contributed by atoms with Gasteiger partial charge >= 0.3 is 11.8 Å². The summed E-state index contributed by atoms with van der Waals surface area (Å²) in [5, 5.41) is 14.6. The Morgan fingerprint density at radius 3 is 2.45 bits per heavy atom. The highest BCUT2D eigenvalue weighted by Crippen LogP contribution is 2.24. The van der Waals surface area contributed by atoms with Crippen molar-refractivity contribution >= 4 is 35.0 Å². The molecular formula is C16H16N2O3S. The molecule has 0 fully saturated rings. The van der Waals surface area contributed by atoms with E-state index in [-0.39, 0.29) is 11.4 Å². The Bertz CT molecular complexity index is 716. The molecule has 114 valence electrons. The van der Waals surface area contributed by atoms with Gasteiger partial charge < -0.3 is 15.7 Å². The van der Waals surface area contributed by atoms with E-state index >= 15 is 0 Å². The van der Waals surface area contributed by atoms with Crippen LogP contribution in [0.2, 0.25) is 0 Å². The smallest absolute Gasteiger partial charge is 0.314 e. The molecule has 5 nitrogen and oxygen atoms in total. The summed E-state index contributed by atoms with van der Waals surface area (Å²) in [6, 6.07) is 12.0. The molecule has 2 aromatic carbocycles. The minimum atomic E-state index is -0.839. The van der Waals surface area contributed by atoms with Crippen LogP contribution in [0.3, 0.4) is 0 Å². The van der Waals surface area contributed by atoms with Gasteiger partial charge in [0, 0.05) is 10.6 Å². The summed E-state index contributed by atoms with van der Waals surface area (Å²) in [4.78, 5) is 24.7. The average molecular weight is 316 g/mol. The van der Waals surface area contributed by atoms with Gasteiger partial charge in [-0.15, -0.1) is 11.8 Å². The highest BCUT2D eigenvalue weighted by Gasteiger charge is 2.15. The molecule has 0 aliphatic rings. The molecule has 0 aliphatic heterocycles. The molecule has 2 aromatic rings. The Kier molecular flexibility index (Phi) is 5.06. The molecule has 0 radical (unpaired) electrons. The topological polar surface area (TPSA) is 78.4 Å². The minimum absolute atomic E-state index is 0.0782. The van der Waals surface area contributed by atoms with Crippen molar-refractivity contribution in [3.05, 3.63) is 48.0 Å². The number of aromatic hydroxyl groups is 1. The van der Waals surface area contributed by atoms with Gasteiger partial charge in [0.25, 0.3) is 0 Å². The zero-order valence-electron chi connectivity index (χ0n) is 12.2. The fourth-order valence-corrected chi connectivity index (χ4v) is 2.27. The second kappa shape index (κ2) is 7.00. The van der Waals surface area contributed by atoms with E-state index in [0.717, 1.165) is 10.5 Å². The summed E-state index contributed by atoms with van der Waals surface area (Å²) in [6.45, 7) is 1.82. The first-order valence-electron chi connectivity index (χ1n) is 6.55.